The van der Waals surface area contributed by atoms with Crippen molar-refractivity contribution in [1.82, 2.24) is 0 Å². The molecule has 0 unspecified atom stereocenters. The topological polar surface area (TPSA) is 27.7 Å². The van der Waals surface area contributed by atoms with Crippen molar-refractivity contribution in [1.29, 1.82) is 0 Å². The second-order valence-electron chi connectivity index (χ2n) is 6.94. The van der Waals surface area contributed by atoms with Crippen LogP contribution in [0.4, 0.5) is 13.2 Å². The highest BCUT2D eigenvalue weighted by atomic mass is 19.1. The highest BCUT2D eigenvalue weighted by Crippen LogP contribution is 2.31. The minimum atomic E-state index is -0.857. The molecule has 0 N–H and O–H groups in total. The van der Waals surface area contributed by atoms with Crippen LogP contribution >= 0.6 is 0 Å². The van der Waals surface area contributed by atoms with Gasteiger partial charge in [-0.05, 0) is 29.7 Å². The van der Waals surface area contributed by atoms with Crippen LogP contribution in [0.5, 0.6) is 5.75 Å². The molecule has 1 saturated heterocycles. The van der Waals surface area contributed by atoms with E-state index in [1.54, 1.807) is 12.1 Å². The molecular formula is C22H25F3O3. The predicted molar refractivity (Wildman–Crippen MR) is 101 cm³/mol. The zero-order valence-electron chi connectivity index (χ0n) is 15.9. The summed E-state index contributed by atoms with van der Waals surface area (Å²) < 4.78 is 56.8. The summed E-state index contributed by atoms with van der Waals surface area (Å²) >= 11 is 0. The molecule has 0 aliphatic carbocycles. The summed E-state index contributed by atoms with van der Waals surface area (Å²) in [6.45, 7) is 2.30. The molecule has 3 nitrogen and oxygen atoms in total. The third-order valence-corrected chi connectivity index (χ3v) is 4.77. The molecule has 1 heterocycles. The Kier molecular flexibility index (Phi) is 7.34. The van der Waals surface area contributed by atoms with Crippen LogP contribution in [0.15, 0.2) is 36.4 Å². The Morgan fingerprint density at radius 2 is 1.64 bits per heavy atom. The number of hydrogen-bond donors (Lipinski definition) is 0. The maximum atomic E-state index is 14.1. The summed E-state index contributed by atoms with van der Waals surface area (Å²) in [5.41, 5.74) is 1.89. The Labute approximate surface area is 163 Å². The van der Waals surface area contributed by atoms with Gasteiger partial charge in [0.2, 0.25) is 0 Å². The lowest BCUT2D eigenvalue weighted by molar-refractivity contribution is -0.206. The molecule has 28 heavy (non-hydrogen) atoms. The highest BCUT2D eigenvalue weighted by Gasteiger charge is 2.23. The van der Waals surface area contributed by atoms with Gasteiger partial charge in [-0.2, -0.15) is 0 Å². The fourth-order valence-electron chi connectivity index (χ4n) is 3.23. The molecule has 1 fully saturated rings. The Morgan fingerprint density at radius 3 is 2.21 bits per heavy atom. The summed E-state index contributed by atoms with van der Waals surface area (Å²) in [6.07, 6.45) is 3.01. The van der Waals surface area contributed by atoms with Crippen LogP contribution in [0.3, 0.4) is 0 Å². The molecular weight excluding hydrogens is 369 g/mol. The van der Waals surface area contributed by atoms with Gasteiger partial charge < -0.3 is 14.2 Å². The average Bonchev–Trinajstić information content (AvgIpc) is 2.72. The molecule has 0 saturated carbocycles. The van der Waals surface area contributed by atoms with Gasteiger partial charge in [0.1, 0.15) is 13.3 Å². The standard InChI is InChI=1S/C22H25F3O3/c1-2-3-4-15-13-27-22(28-14-15)17-7-5-16(6-8-17)18-11-19(24)21(20(25)12-18)26-10-9-23/h5-8,11-12,15,22H,2-4,9-10,13-14H2,1H3. The normalized spacial score (nSPS) is 19.6. The van der Waals surface area contributed by atoms with Crippen molar-refractivity contribution in [3.8, 4) is 16.9 Å². The van der Waals surface area contributed by atoms with Gasteiger partial charge in [-0.1, -0.05) is 44.0 Å². The zero-order chi connectivity index (χ0) is 19.9. The van der Waals surface area contributed by atoms with Crippen LogP contribution in [0, 0.1) is 17.6 Å². The summed E-state index contributed by atoms with van der Waals surface area (Å²) in [5.74, 6) is -1.84. The zero-order valence-corrected chi connectivity index (χ0v) is 15.9. The third kappa shape index (κ3) is 5.06. The Balaban J connectivity index is 1.66. The number of hydrogen-bond acceptors (Lipinski definition) is 3. The summed E-state index contributed by atoms with van der Waals surface area (Å²) in [5, 5.41) is 0. The van der Waals surface area contributed by atoms with E-state index in [1.165, 1.54) is 18.6 Å². The number of halogens is 3. The predicted octanol–water partition coefficient (Wildman–Crippen LogP) is 5.83. The lowest BCUT2D eigenvalue weighted by Gasteiger charge is -2.29. The first kappa shape index (κ1) is 20.7. The fraction of sp³-hybridized carbons (Fsp3) is 0.455. The maximum Gasteiger partial charge on any atom is 0.190 e. The van der Waals surface area contributed by atoms with Gasteiger partial charge >= 0.3 is 0 Å². The molecule has 0 spiro atoms. The molecule has 152 valence electrons. The molecule has 1 aliphatic rings. The Morgan fingerprint density at radius 1 is 1.00 bits per heavy atom. The molecule has 0 radical (unpaired) electrons. The lowest BCUT2D eigenvalue weighted by Crippen LogP contribution is -2.27. The Bertz CT molecular complexity index is 733. The quantitative estimate of drug-likeness (QED) is 0.564. The SMILES string of the molecule is CCCCC1COC(c2ccc(-c3cc(F)c(OCCF)c(F)c3)cc2)OC1. The van der Waals surface area contributed by atoms with Crippen molar-refractivity contribution in [2.45, 2.75) is 32.5 Å². The minimum absolute atomic E-state index is 0.374. The van der Waals surface area contributed by atoms with E-state index in [0.717, 1.165) is 18.4 Å². The second-order valence-corrected chi connectivity index (χ2v) is 6.94. The van der Waals surface area contributed by atoms with E-state index < -0.39 is 30.3 Å². The summed E-state index contributed by atoms with van der Waals surface area (Å²) in [7, 11) is 0. The smallest absolute Gasteiger partial charge is 0.190 e. The fourth-order valence-corrected chi connectivity index (χ4v) is 3.23. The summed E-state index contributed by atoms with van der Waals surface area (Å²) in [4.78, 5) is 0. The molecule has 1 aliphatic heterocycles. The molecule has 0 bridgehead atoms. The van der Waals surface area contributed by atoms with Crippen molar-refractivity contribution < 1.29 is 27.4 Å². The van der Waals surface area contributed by atoms with Gasteiger partial charge in [-0.3, -0.25) is 0 Å². The maximum absolute atomic E-state index is 14.1. The van der Waals surface area contributed by atoms with Crippen molar-refractivity contribution >= 4 is 0 Å². The lowest BCUT2D eigenvalue weighted by atomic mass is 10.0. The van der Waals surface area contributed by atoms with E-state index in [9.17, 15) is 13.2 Å². The van der Waals surface area contributed by atoms with E-state index in [-0.39, 0.29) is 6.61 Å². The minimum Gasteiger partial charge on any atom is -0.485 e. The van der Waals surface area contributed by atoms with Crippen LogP contribution in [0.1, 0.15) is 38.0 Å². The van der Waals surface area contributed by atoms with E-state index in [4.69, 9.17) is 14.2 Å². The molecule has 2 aromatic carbocycles. The van der Waals surface area contributed by atoms with Gasteiger partial charge in [0.15, 0.2) is 23.7 Å². The number of ether oxygens (including phenoxy) is 3. The molecule has 0 atom stereocenters. The number of benzene rings is 2. The number of alkyl halides is 1. The summed E-state index contributed by atoms with van der Waals surface area (Å²) in [6, 6.07) is 9.55. The van der Waals surface area contributed by atoms with Gasteiger partial charge in [-0.25, -0.2) is 13.2 Å². The van der Waals surface area contributed by atoms with E-state index in [2.05, 4.69) is 6.92 Å². The van der Waals surface area contributed by atoms with Crippen LogP contribution in [-0.2, 0) is 9.47 Å². The first-order valence-corrected chi connectivity index (χ1v) is 9.63. The van der Waals surface area contributed by atoms with E-state index in [0.29, 0.717) is 30.3 Å². The van der Waals surface area contributed by atoms with Crippen LogP contribution in [-0.4, -0.2) is 26.5 Å². The van der Waals surface area contributed by atoms with E-state index >= 15 is 0 Å². The van der Waals surface area contributed by atoms with E-state index in [1.807, 2.05) is 12.1 Å². The molecule has 0 amide bonds. The number of unbranched alkanes of at least 4 members (excludes halogenated alkanes) is 1. The van der Waals surface area contributed by atoms with Gasteiger partial charge in [0, 0.05) is 11.5 Å². The Hall–Kier alpha value is -2.05. The van der Waals surface area contributed by atoms with Gasteiger partial charge in [0.05, 0.1) is 13.2 Å². The van der Waals surface area contributed by atoms with Crippen LogP contribution < -0.4 is 4.74 Å². The van der Waals surface area contributed by atoms with Crippen molar-refractivity contribution in [2.75, 3.05) is 26.5 Å². The van der Waals surface area contributed by atoms with Crippen molar-refractivity contribution in [3.63, 3.8) is 0 Å². The highest BCUT2D eigenvalue weighted by molar-refractivity contribution is 5.65. The second kappa shape index (κ2) is 9.94. The third-order valence-electron chi connectivity index (χ3n) is 4.77. The molecule has 3 rings (SSSR count). The largest absolute Gasteiger partial charge is 0.485 e. The molecule has 6 heteroatoms. The van der Waals surface area contributed by atoms with Crippen LogP contribution in [0.25, 0.3) is 11.1 Å². The van der Waals surface area contributed by atoms with Crippen LogP contribution in [0.2, 0.25) is 0 Å². The number of rotatable bonds is 8. The van der Waals surface area contributed by atoms with Crippen molar-refractivity contribution in [2.24, 2.45) is 5.92 Å². The van der Waals surface area contributed by atoms with Crippen molar-refractivity contribution in [3.05, 3.63) is 53.6 Å². The first-order valence-electron chi connectivity index (χ1n) is 9.63. The average molecular weight is 394 g/mol. The monoisotopic (exact) mass is 394 g/mol. The molecule has 2 aromatic rings. The molecule has 0 aromatic heterocycles. The first-order chi connectivity index (χ1) is 13.6. The van der Waals surface area contributed by atoms with Gasteiger partial charge in [0.25, 0.3) is 0 Å². The van der Waals surface area contributed by atoms with Gasteiger partial charge in [-0.15, -0.1) is 0 Å².